The smallest absolute Gasteiger partial charge is 0.239 e. The molecule has 0 aromatic carbocycles. The summed E-state index contributed by atoms with van der Waals surface area (Å²) >= 11 is 0. The molecule has 0 aromatic heterocycles. The number of nitrogens with two attached hydrogens (primary N) is 1. The number of nitrogens with zero attached hydrogens (tertiary/aromatic N) is 1. The van der Waals surface area contributed by atoms with Crippen molar-refractivity contribution in [3.63, 3.8) is 0 Å². The van der Waals surface area contributed by atoms with Gasteiger partial charge in [0.25, 0.3) is 0 Å². The van der Waals surface area contributed by atoms with Gasteiger partial charge in [0.05, 0.1) is 25.3 Å². The molecular formula is C12H24N2O2. The SMILES string of the molecule is CCCC[C@H](N)C(=O)N1CCOCC1CC. The molecule has 1 fully saturated rings. The minimum atomic E-state index is -0.327. The van der Waals surface area contributed by atoms with Crippen molar-refractivity contribution in [2.45, 2.75) is 51.6 Å². The van der Waals surface area contributed by atoms with Crippen molar-refractivity contribution in [3.8, 4) is 0 Å². The summed E-state index contributed by atoms with van der Waals surface area (Å²) in [5, 5.41) is 0. The molecule has 2 atom stereocenters. The molecule has 1 heterocycles. The fourth-order valence-electron chi connectivity index (χ4n) is 2.04. The minimum absolute atomic E-state index is 0.101. The molecule has 1 amide bonds. The van der Waals surface area contributed by atoms with Gasteiger partial charge in [0.2, 0.25) is 5.91 Å². The largest absolute Gasteiger partial charge is 0.377 e. The average Bonchev–Trinajstić information content (AvgIpc) is 2.34. The lowest BCUT2D eigenvalue weighted by Crippen LogP contribution is -2.53. The highest BCUT2D eigenvalue weighted by molar-refractivity contribution is 5.82. The molecule has 0 spiro atoms. The van der Waals surface area contributed by atoms with E-state index in [0.29, 0.717) is 19.8 Å². The van der Waals surface area contributed by atoms with Crippen LogP contribution in [0.25, 0.3) is 0 Å². The van der Waals surface area contributed by atoms with E-state index in [-0.39, 0.29) is 18.0 Å². The van der Waals surface area contributed by atoms with Crippen molar-refractivity contribution < 1.29 is 9.53 Å². The molecule has 1 rings (SSSR count). The number of unbranched alkanes of at least 4 members (excludes halogenated alkanes) is 1. The van der Waals surface area contributed by atoms with Crippen LogP contribution in [0.2, 0.25) is 0 Å². The highest BCUT2D eigenvalue weighted by atomic mass is 16.5. The lowest BCUT2D eigenvalue weighted by Gasteiger charge is -2.36. The standard InChI is InChI=1S/C12H24N2O2/c1-3-5-6-11(13)12(15)14-7-8-16-9-10(14)4-2/h10-11H,3-9,13H2,1-2H3/t10?,11-/m0/s1. The monoisotopic (exact) mass is 228 g/mol. The Labute approximate surface area is 98.1 Å². The predicted octanol–water partition coefficient (Wildman–Crippen LogP) is 1.14. The van der Waals surface area contributed by atoms with Crippen molar-refractivity contribution in [3.05, 3.63) is 0 Å². The summed E-state index contributed by atoms with van der Waals surface area (Å²) in [5.41, 5.74) is 5.92. The van der Waals surface area contributed by atoms with Crippen LogP contribution in [0.15, 0.2) is 0 Å². The van der Waals surface area contributed by atoms with Gasteiger partial charge in [-0.1, -0.05) is 26.7 Å². The second-order valence-corrected chi connectivity index (χ2v) is 4.42. The van der Waals surface area contributed by atoms with Crippen LogP contribution in [0.5, 0.6) is 0 Å². The van der Waals surface area contributed by atoms with Gasteiger partial charge in [0.1, 0.15) is 0 Å². The maximum absolute atomic E-state index is 12.1. The average molecular weight is 228 g/mol. The van der Waals surface area contributed by atoms with Gasteiger partial charge in [-0.05, 0) is 12.8 Å². The number of hydrogen-bond acceptors (Lipinski definition) is 3. The number of ether oxygens (including phenoxy) is 1. The highest BCUT2D eigenvalue weighted by Crippen LogP contribution is 2.13. The van der Waals surface area contributed by atoms with Crippen molar-refractivity contribution in [2.75, 3.05) is 19.8 Å². The first-order valence-electron chi connectivity index (χ1n) is 6.34. The zero-order valence-electron chi connectivity index (χ0n) is 10.4. The summed E-state index contributed by atoms with van der Waals surface area (Å²) in [7, 11) is 0. The van der Waals surface area contributed by atoms with Gasteiger partial charge in [-0.15, -0.1) is 0 Å². The van der Waals surface area contributed by atoms with Gasteiger partial charge in [0.15, 0.2) is 0 Å². The van der Waals surface area contributed by atoms with E-state index in [1.165, 1.54) is 0 Å². The lowest BCUT2D eigenvalue weighted by molar-refractivity contribution is -0.141. The summed E-state index contributed by atoms with van der Waals surface area (Å²) in [5.74, 6) is 0.101. The Balaban J connectivity index is 2.49. The van der Waals surface area contributed by atoms with Crippen LogP contribution in [0.4, 0.5) is 0 Å². The van der Waals surface area contributed by atoms with Crippen molar-refractivity contribution in [2.24, 2.45) is 5.73 Å². The summed E-state index contributed by atoms with van der Waals surface area (Å²) in [6, 6.07) is -0.110. The van der Waals surface area contributed by atoms with Crippen LogP contribution >= 0.6 is 0 Å². The Morgan fingerprint density at radius 3 is 2.94 bits per heavy atom. The van der Waals surface area contributed by atoms with Crippen molar-refractivity contribution in [1.29, 1.82) is 0 Å². The zero-order valence-corrected chi connectivity index (χ0v) is 10.4. The predicted molar refractivity (Wildman–Crippen MR) is 64.1 cm³/mol. The fraction of sp³-hybridized carbons (Fsp3) is 0.917. The van der Waals surface area contributed by atoms with E-state index in [1.807, 2.05) is 4.90 Å². The molecule has 2 N–H and O–H groups in total. The molecule has 1 unspecified atom stereocenters. The Hall–Kier alpha value is -0.610. The summed E-state index contributed by atoms with van der Waals surface area (Å²) in [6.07, 6.45) is 3.84. The van der Waals surface area contributed by atoms with Crippen LogP contribution in [-0.2, 0) is 9.53 Å². The maximum Gasteiger partial charge on any atom is 0.239 e. The number of amides is 1. The lowest BCUT2D eigenvalue weighted by atomic mass is 10.1. The number of carbonyl (C=O) groups excluding carboxylic acids is 1. The molecule has 4 nitrogen and oxygen atoms in total. The van der Waals surface area contributed by atoms with Crippen LogP contribution in [0.3, 0.4) is 0 Å². The Morgan fingerprint density at radius 2 is 2.31 bits per heavy atom. The Morgan fingerprint density at radius 1 is 1.56 bits per heavy atom. The van der Waals surface area contributed by atoms with Crippen LogP contribution in [0, 0.1) is 0 Å². The first-order chi connectivity index (χ1) is 7.70. The number of morpholine rings is 1. The third-order valence-corrected chi connectivity index (χ3v) is 3.17. The topological polar surface area (TPSA) is 55.6 Å². The molecule has 0 saturated carbocycles. The van der Waals surface area contributed by atoms with E-state index in [9.17, 15) is 4.79 Å². The molecule has 94 valence electrons. The fourth-order valence-corrected chi connectivity index (χ4v) is 2.04. The van der Waals surface area contributed by atoms with Crippen molar-refractivity contribution >= 4 is 5.91 Å². The van der Waals surface area contributed by atoms with Crippen molar-refractivity contribution in [1.82, 2.24) is 4.90 Å². The van der Waals surface area contributed by atoms with E-state index in [1.54, 1.807) is 0 Å². The first-order valence-corrected chi connectivity index (χ1v) is 6.34. The molecule has 1 aliphatic heterocycles. The number of hydrogen-bond donors (Lipinski definition) is 1. The molecule has 4 heteroatoms. The van der Waals surface area contributed by atoms with Gasteiger partial charge in [-0.3, -0.25) is 4.79 Å². The van der Waals surface area contributed by atoms with Gasteiger partial charge in [-0.2, -0.15) is 0 Å². The van der Waals surface area contributed by atoms with Crippen LogP contribution in [-0.4, -0.2) is 42.6 Å². The quantitative estimate of drug-likeness (QED) is 0.767. The van der Waals surface area contributed by atoms with E-state index < -0.39 is 0 Å². The Kier molecular flexibility index (Phi) is 5.77. The Bertz CT molecular complexity index is 221. The summed E-state index contributed by atoms with van der Waals surface area (Å²) in [6.45, 7) is 6.18. The third kappa shape index (κ3) is 3.46. The molecule has 16 heavy (non-hydrogen) atoms. The molecule has 1 aliphatic rings. The van der Waals surface area contributed by atoms with Gasteiger partial charge < -0.3 is 15.4 Å². The van der Waals surface area contributed by atoms with Crippen LogP contribution in [0.1, 0.15) is 39.5 Å². The molecule has 0 bridgehead atoms. The van der Waals surface area contributed by atoms with Crippen LogP contribution < -0.4 is 5.73 Å². The molecule has 0 radical (unpaired) electrons. The minimum Gasteiger partial charge on any atom is -0.377 e. The molecule has 0 aromatic rings. The van der Waals surface area contributed by atoms with E-state index in [0.717, 1.165) is 25.7 Å². The number of carbonyl (C=O) groups is 1. The highest BCUT2D eigenvalue weighted by Gasteiger charge is 2.28. The van der Waals surface area contributed by atoms with Gasteiger partial charge >= 0.3 is 0 Å². The van der Waals surface area contributed by atoms with Gasteiger partial charge in [-0.25, -0.2) is 0 Å². The third-order valence-electron chi connectivity index (χ3n) is 3.17. The number of rotatable bonds is 5. The summed E-state index contributed by atoms with van der Waals surface area (Å²) < 4.78 is 5.38. The summed E-state index contributed by atoms with van der Waals surface area (Å²) in [4.78, 5) is 14.0. The zero-order chi connectivity index (χ0) is 12.0. The molecule has 0 aliphatic carbocycles. The maximum atomic E-state index is 12.1. The second kappa shape index (κ2) is 6.86. The van der Waals surface area contributed by atoms with E-state index in [4.69, 9.17) is 10.5 Å². The first kappa shape index (κ1) is 13.5. The van der Waals surface area contributed by atoms with Gasteiger partial charge in [0, 0.05) is 6.54 Å². The van der Waals surface area contributed by atoms with E-state index in [2.05, 4.69) is 13.8 Å². The normalized spacial score (nSPS) is 23.2. The second-order valence-electron chi connectivity index (χ2n) is 4.42. The molecular weight excluding hydrogens is 204 g/mol. The van der Waals surface area contributed by atoms with E-state index >= 15 is 0 Å². The molecule has 1 saturated heterocycles.